The van der Waals surface area contributed by atoms with Crippen molar-refractivity contribution in [1.29, 1.82) is 0 Å². The fourth-order valence-electron chi connectivity index (χ4n) is 3.55. The van der Waals surface area contributed by atoms with Crippen LogP contribution in [0.3, 0.4) is 0 Å². The van der Waals surface area contributed by atoms with Crippen LogP contribution in [0.15, 0.2) is 91.0 Å². The van der Waals surface area contributed by atoms with Crippen LogP contribution in [0.25, 0.3) is 44.1 Å². The Kier molecular flexibility index (Phi) is 3.29. The Bertz CT molecular complexity index is 1250. The second kappa shape index (κ2) is 5.78. The van der Waals surface area contributed by atoms with Crippen molar-refractivity contribution in [2.24, 2.45) is 0 Å². The van der Waals surface area contributed by atoms with Gasteiger partial charge < -0.3 is 10.1 Å². The van der Waals surface area contributed by atoms with E-state index in [4.69, 9.17) is 0 Å². The maximum atomic E-state index is 10.7. The molecule has 0 saturated carbocycles. The van der Waals surface area contributed by atoms with Crippen LogP contribution in [0.5, 0.6) is 5.75 Å². The van der Waals surface area contributed by atoms with Gasteiger partial charge in [0.15, 0.2) is 0 Å². The topological polar surface area (TPSA) is 36.0 Å². The molecule has 124 valence electrons. The number of aromatic nitrogens is 1. The second-order valence-corrected chi connectivity index (χ2v) is 6.53. The zero-order chi connectivity index (χ0) is 17.5. The van der Waals surface area contributed by atoms with Gasteiger partial charge in [-0.05, 0) is 46.0 Å². The molecule has 0 amide bonds. The summed E-state index contributed by atoms with van der Waals surface area (Å²) in [4.78, 5) is 3.46. The minimum Gasteiger partial charge on any atom is -0.507 e. The number of phenols is 1. The summed E-state index contributed by atoms with van der Waals surface area (Å²) < 4.78 is 0. The predicted octanol–water partition coefficient (Wildman–Crippen LogP) is 6.36. The van der Waals surface area contributed by atoms with Gasteiger partial charge in [0.2, 0.25) is 0 Å². The number of nitrogens with one attached hydrogen (secondary N) is 1. The van der Waals surface area contributed by atoms with Gasteiger partial charge in [0.1, 0.15) is 5.75 Å². The molecule has 2 heteroatoms. The van der Waals surface area contributed by atoms with Crippen molar-refractivity contribution in [2.45, 2.75) is 0 Å². The lowest BCUT2D eigenvalue weighted by Crippen LogP contribution is -1.83. The third kappa shape index (κ3) is 2.35. The standard InChI is InChI=1S/C24H17NO/c26-24-20-8-4-3-6-17(20)11-12-21(24)23-14-13-22(25-23)19-10-9-16-5-1-2-7-18(16)15-19/h1-15,25-26H. The molecular weight excluding hydrogens is 318 g/mol. The van der Waals surface area contributed by atoms with E-state index in [1.54, 1.807) is 0 Å². The molecule has 0 fully saturated rings. The molecule has 2 N–H and O–H groups in total. The van der Waals surface area contributed by atoms with E-state index < -0.39 is 0 Å². The van der Waals surface area contributed by atoms with Crippen LogP contribution < -0.4 is 0 Å². The van der Waals surface area contributed by atoms with E-state index in [9.17, 15) is 5.11 Å². The number of aromatic hydroxyl groups is 1. The molecule has 0 aliphatic heterocycles. The summed E-state index contributed by atoms with van der Waals surface area (Å²) >= 11 is 0. The number of hydrogen-bond donors (Lipinski definition) is 2. The molecule has 0 aliphatic carbocycles. The van der Waals surface area contributed by atoms with Crippen LogP contribution in [0.4, 0.5) is 0 Å². The Morgan fingerprint density at radius 1 is 0.577 bits per heavy atom. The fourth-order valence-corrected chi connectivity index (χ4v) is 3.55. The van der Waals surface area contributed by atoms with Gasteiger partial charge in [-0.15, -0.1) is 0 Å². The molecule has 0 atom stereocenters. The number of benzene rings is 4. The van der Waals surface area contributed by atoms with Crippen LogP contribution in [-0.2, 0) is 0 Å². The van der Waals surface area contributed by atoms with Gasteiger partial charge in [-0.25, -0.2) is 0 Å². The SMILES string of the molecule is Oc1c(-c2ccc(-c3ccc4ccccc4c3)[nH]2)ccc2ccccc12. The maximum Gasteiger partial charge on any atom is 0.132 e. The van der Waals surface area contributed by atoms with Crippen molar-refractivity contribution in [3.05, 3.63) is 91.0 Å². The number of phenolic OH excluding ortho intramolecular Hbond substituents is 1. The zero-order valence-corrected chi connectivity index (χ0v) is 14.1. The molecule has 1 heterocycles. The lowest BCUT2D eigenvalue weighted by molar-refractivity contribution is 0.483. The Hall–Kier alpha value is -3.52. The minimum atomic E-state index is 0.315. The molecule has 1 aromatic heterocycles. The Morgan fingerprint density at radius 3 is 2.15 bits per heavy atom. The van der Waals surface area contributed by atoms with Crippen LogP contribution in [0.1, 0.15) is 0 Å². The second-order valence-electron chi connectivity index (χ2n) is 6.53. The normalized spacial score (nSPS) is 11.2. The predicted molar refractivity (Wildman–Crippen MR) is 108 cm³/mol. The molecular formula is C24H17NO. The van der Waals surface area contributed by atoms with Crippen molar-refractivity contribution < 1.29 is 5.11 Å². The summed E-state index contributed by atoms with van der Waals surface area (Å²) in [6.07, 6.45) is 0. The summed E-state index contributed by atoms with van der Waals surface area (Å²) in [6.45, 7) is 0. The number of H-pyrrole nitrogens is 1. The molecule has 4 aromatic carbocycles. The highest BCUT2D eigenvalue weighted by atomic mass is 16.3. The van der Waals surface area contributed by atoms with Gasteiger partial charge in [0.25, 0.3) is 0 Å². The molecule has 5 aromatic rings. The molecule has 0 unspecified atom stereocenters. The summed E-state index contributed by atoms with van der Waals surface area (Å²) in [6, 6.07) is 30.8. The first kappa shape index (κ1) is 14.8. The average molecular weight is 335 g/mol. The van der Waals surface area contributed by atoms with Gasteiger partial charge in [-0.3, -0.25) is 0 Å². The van der Waals surface area contributed by atoms with Gasteiger partial charge in [0, 0.05) is 22.3 Å². The summed E-state index contributed by atoms with van der Waals surface area (Å²) in [5.41, 5.74) is 3.90. The van der Waals surface area contributed by atoms with E-state index in [0.717, 1.165) is 33.3 Å². The Morgan fingerprint density at radius 2 is 1.27 bits per heavy atom. The highest BCUT2D eigenvalue weighted by Gasteiger charge is 2.11. The number of fused-ring (bicyclic) bond motifs is 2. The van der Waals surface area contributed by atoms with Crippen molar-refractivity contribution >= 4 is 21.5 Å². The summed E-state index contributed by atoms with van der Waals surface area (Å²) in [5.74, 6) is 0.315. The van der Waals surface area contributed by atoms with E-state index in [2.05, 4.69) is 53.5 Å². The van der Waals surface area contributed by atoms with Crippen molar-refractivity contribution in [1.82, 2.24) is 4.98 Å². The third-order valence-corrected chi connectivity index (χ3v) is 4.94. The molecule has 0 aliphatic rings. The van der Waals surface area contributed by atoms with Gasteiger partial charge >= 0.3 is 0 Å². The van der Waals surface area contributed by atoms with Crippen LogP contribution >= 0.6 is 0 Å². The van der Waals surface area contributed by atoms with E-state index in [1.807, 2.05) is 42.5 Å². The smallest absolute Gasteiger partial charge is 0.132 e. The average Bonchev–Trinajstić information content (AvgIpc) is 3.18. The Labute approximate surface area is 151 Å². The van der Waals surface area contributed by atoms with E-state index in [1.165, 1.54) is 10.8 Å². The molecule has 2 nitrogen and oxygen atoms in total. The van der Waals surface area contributed by atoms with Crippen LogP contribution in [0, 0.1) is 0 Å². The van der Waals surface area contributed by atoms with Gasteiger partial charge in [-0.1, -0.05) is 66.7 Å². The van der Waals surface area contributed by atoms with Crippen molar-refractivity contribution in [2.75, 3.05) is 0 Å². The highest BCUT2D eigenvalue weighted by molar-refractivity contribution is 5.94. The first-order chi connectivity index (χ1) is 12.8. The highest BCUT2D eigenvalue weighted by Crippen LogP contribution is 2.36. The first-order valence-corrected chi connectivity index (χ1v) is 8.69. The van der Waals surface area contributed by atoms with Gasteiger partial charge in [-0.2, -0.15) is 0 Å². The Balaban J connectivity index is 1.60. The largest absolute Gasteiger partial charge is 0.507 e. The summed E-state index contributed by atoms with van der Waals surface area (Å²) in [5, 5.41) is 15.1. The molecule has 26 heavy (non-hydrogen) atoms. The zero-order valence-electron chi connectivity index (χ0n) is 14.1. The summed E-state index contributed by atoms with van der Waals surface area (Å²) in [7, 11) is 0. The molecule has 0 bridgehead atoms. The van der Waals surface area contributed by atoms with E-state index in [-0.39, 0.29) is 0 Å². The molecule has 0 spiro atoms. The van der Waals surface area contributed by atoms with Gasteiger partial charge in [0.05, 0.1) is 0 Å². The van der Waals surface area contributed by atoms with Crippen LogP contribution in [-0.4, -0.2) is 10.1 Å². The monoisotopic (exact) mass is 335 g/mol. The van der Waals surface area contributed by atoms with Crippen molar-refractivity contribution in [3.63, 3.8) is 0 Å². The lowest BCUT2D eigenvalue weighted by Gasteiger charge is -2.07. The maximum absolute atomic E-state index is 10.7. The lowest BCUT2D eigenvalue weighted by atomic mass is 10.0. The number of hydrogen-bond acceptors (Lipinski definition) is 1. The fraction of sp³-hybridized carbons (Fsp3) is 0. The third-order valence-electron chi connectivity index (χ3n) is 4.94. The minimum absolute atomic E-state index is 0.315. The first-order valence-electron chi connectivity index (χ1n) is 8.69. The number of aromatic amines is 1. The molecule has 0 saturated heterocycles. The number of rotatable bonds is 2. The van der Waals surface area contributed by atoms with Crippen molar-refractivity contribution in [3.8, 4) is 28.3 Å². The molecule has 0 radical (unpaired) electrons. The van der Waals surface area contributed by atoms with E-state index in [0.29, 0.717) is 5.75 Å². The quantitative estimate of drug-likeness (QED) is 0.387. The van der Waals surface area contributed by atoms with Crippen LogP contribution in [0.2, 0.25) is 0 Å². The van der Waals surface area contributed by atoms with E-state index >= 15 is 0 Å². The molecule has 5 rings (SSSR count).